The van der Waals surface area contributed by atoms with Gasteiger partial charge in [-0.3, -0.25) is 0 Å². The first-order valence-corrected chi connectivity index (χ1v) is 12.0. The van der Waals surface area contributed by atoms with Crippen molar-refractivity contribution in [3.63, 3.8) is 0 Å². The van der Waals surface area contributed by atoms with E-state index in [2.05, 4.69) is 41.8 Å². The summed E-state index contributed by atoms with van der Waals surface area (Å²) in [5.41, 5.74) is 2.76. The van der Waals surface area contributed by atoms with E-state index in [0.717, 1.165) is 58.1 Å². The molecule has 0 atom stereocenters. The molecule has 2 aliphatic rings. The highest BCUT2D eigenvalue weighted by Gasteiger charge is 2.33. The fourth-order valence-corrected chi connectivity index (χ4v) is 4.62. The van der Waals surface area contributed by atoms with E-state index in [1.807, 2.05) is 0 Å². The minimum atomic E-state index is 0.320. The fraction of sp³-hybridized carbons (Fsp3) is 0.720. The second-order valence-electron chi connectivity index (χ2n) is 8.94. The molecule has 1 aliphatic heterocycles. The molecular formula is C25H41N3O3. The van der Waals surface area contributed by atoms with Crippen LogP contribution in [0, 0.1) is 5.41 Å². The number of ether oxygens (including phenoxy) is 3. The van der Waals surface area contributed by atoms with Crippen molar-refractivity contribution in [1.82, 2.24) is 10.6 Å². The first-order valence-electron chi connectivity index (χ1n) is 12.0. The second-order valence-corrected chi connectivity index (χ2v) is 8.94. The Bertz CT molecular complexity index is 668. The molecule has 1 aromatic rings. The summed E-state index contributed by atoms with van der Waals surface area (Å²) in [6.45, 7) is 7.70. The molecule has 2 fully saturated rings. The molecule has 0 aromatic heterocycles. The Morgan fingerprint density at radius 2 is 1.94 bits per heavy atom. The van der Waals surface area contributed by atoms with Crippen LogP contribution in [0.1, 0.15) is 63.0 Å². The van der Waals surface area contributed by atoms with E-state index in [0.29, 0.717) is 24.7 Å². The zero-order chi connectivity index (χ0) is 21.8. The number of hydrogen-bond donors (Lipinski definition) is 2. The molecule has 0 unspecified atom stereocenters. The van der Waals surface area contributed by atoms with Gasteiger partial charge in [0.2, 0.25) is 0 Å². The first-order chi connectivity index (χ1) is 15.2. The summed E-state index contributed by atoms with van der Waals surface area (Å²) in [5.74, 6) is 0.898. The number of aliphatic imine (C=N–C) groups is 1. The zero-order valence-corrected chi connectivity index (χ0v) is 19.5. The number of methoxy groups -OCH3 is 1. The molecule has 31 heavy (non-hydrogen) atoms. The first kappa shape index (κ1) is 24.0. The third-order valence-electron chi connectivity index (χ3n) is 6.54. The van der Waals surface area contributed by atoms with Gasteiger partial charge in [-0.05, 0) is 55.6 Å². The maximum absolute atomic E-state index is 6.08. The van der Waals surface area contributed by atoms with Gasteiger partial charge in [-0.1, -0.05) is 37.1 Å². The predicted molar refractivity (Wildman–Crippen MR) is 125 cm³/mol. The van der Waals surface area contributed by atoms with Crippen LogP contribution in [-0.4, -0.2) is 52.1 Å². The van der Waals surface area contributed by atoms with Gasteiger partial charge in [0, 0.05) is 40.0 Å². The Morgan fingerprint density at radius 1 is 1.16 bits per heavy atom. The lowest BCUT2D eigenvalue weighted by molar-refractivity contribution is -0.0390. The van der Waals surface area contributed by atoms with E-state index >= 15 is 0 Å². The Hall–Kier alpha value is -1.63. The van der Waals surface area contributed by atoms with Gasteiger partial charge in [-0.2, -0.15) is 0 Å². The summed E-state index contributed by atoms with van der Waals surface area (Å²) in [7, 11) is 1.80. The van der Waals surface area contributed by atoms with Crippen molar-refractivity contribution in [3.05, 3.63) is 35.4 Å². The molecule has 1 saturated heterocycles. The van der Waals surface area contributed by atoms with Crippen LogP contribution in [0.3, 0.4) is 0 Å². The average Bonchev–Trinajstić information content (AvgIpc) is 3.28. The van der Waals surface area contributed by atoms with Crippen molar-refractivity contribution in [2.24, 2.45) is 10.4 Å². The van der Waals surface area contributed by atoms with Crippen molar-refractivity contribution in [2.75, 3.05) is 40.0 Å². The summed E-state index contributed by atoms with van der Waals surface area (Å²) >= 11 is 0. The molecule has 1 heterocycles. The van der Waals surface area contributed by atoms with Gasteiger partial charge in [0.1, 0.15) is 0 Å². The molecule has 3 rings (SSSR count). The lowest BCUT2D eigenvalue weighted by Crippen LogP contribution is -2.43. The van der Waals surface area contributed by atoms with Gasteiger partial charge in [-0.25, -0.2) is 4.99 Å². The number of hydrogen-bond acceptors (Lipinski definition) is 4. The Balaban J connectivity index is 1.53. The average molecular weight is 432 g/mol. The predicted octanol–water partition coefficient (Wildman–Crippen LogP) is 4.03. The van der Waals surface area contributed by atoms with E-state index in [9.17, 15) is 0 Å². The van der Waals surface area contributed by atoms with Crippen LogP contribution < -0.4 is 10.6 Å². The molecule has 6 heteroatoms. The molecule has 2 N–H and O–H groups in total. The van der Waals surface area contributed by atoms with Crippen LogP contribution in [0.2, 0.25) is 0 Å². The van der Waals surface area contributed by atoms with Crippen LogP contribution in [0.5, 0.6) is 0 Å². The quantitative estimate of drug-likeness (QED) is 0.409. The van der Waals surface area contributed by atoms with Crippen molar-refractivity contribution in [3.8, 4) is 0 Å². The van der Waals surface area contributed by atoms with Crippen LogP contribution in [0.25, 0.3) is 0 Å². The van der Waals surface area contributed by atoms with E-state index in [1.54, 1.807) is 7.11 Å². The maximum Gasteiger partial charge on any atom is 0.191 e. The van der Waals surface area contributed by atoms with Gasteiger partial charge in [0.15, 0.2) is 5.96 Å². The van der Waals surface area contributed by atoms with Crippen LogP contribution in [0.15, 0.2) is 29.3 Å². The number of rotatable bonds is 11. The molecule has 1 aliphatic carbocycles. The monoisotopic (exact) mass is 431 g/mol. The lowest BCUT2D eigenvalue weighted by atomic mass is 9.83. The van der Waals surface area contributed by atoms with Gasteiger partial charge in [-0.15, -0.1) is 0 Å². The third-order valence-corrected chi connectivity index (χ3v) is 6.54. The van der Waals surface area contributed by atoms with Gasteiger partial charge in [0.05, 0.1) is 19.3 Å². The molecule has 174 valence electrons. The Morgan fingerprint density at radius 3 is 2.68 bits per heavy atom. The molecular weight excluding hydrogens is 390 g/mol. The minimum absolute atomic E-state index is 0.320. The van der Waals surface area contributed by atoms with E-state index < -0.39 is 0 Å². The Labute approximate surface area is 188 Å². The summed E-state index contributed by atoms with van der Waals surface area (Å²) in [6, 6.07) is 8.59. The van der Waals surface area contributed by atoms with Crippen molar-refractivity contribution < 1.29 is 14.2 Å². The molecule has 1 aromatic carbocycles. The van der Waals surface area contributed by atoms with Crippen molar-refractivity contribution in [2.45, 2.75) is 71.1 Å². The molecule has 0 radical (unpaired) electrons. The summed E-state index contributed by atoms with van der Waals surface area (Å²) < 4.78 is 16.9. The largest absolute Gasteiger partial charge is 0.385 e. The van der Waals surface area contributed by atoms with Gasteiger partial charge < -0.3 is 24.8 Å². The fourth-order valence-electron chi connectivity index (χ4n) is 4.62. The number of guanidine groups is 1. The summed E-state index contributed by atoms with van der Waals surface area (Å²) in [4.78, 5) is 4.85. The van der Waals surface area contributed by atoms with Crippen LogP contribution in [-0.2, 0) is 27.4 Å². The smallest absolute Gasteiger partial charge is 0.191 e. The third kappa shape index (κ3) is 8.09. The van der Waals surface area contributed by atoms with E-state index in [4.69, 9.17) is 19.2 Å². The SMILES string of the molecule is CCNC(=NCc1cccc(COC2CCOCC2)c1)NCC1(CCOC)CCCC1. The number of nitrogens with zero attached hydrogens (tertiary/aromatic N) is 1. The highest BCUT2D eigenvalue weighted by molar-refractivity contribution is 5.79. The molecule has 0 spiro atoms. The Kier molecular flexibility index (Phi) is 10.1. The topological polar surface area (TPSA) is 64.1 Å². The van der Waals surface area contributed by atoms with Crippen LogP contribution >= 0.6 is 0 Å². The lowest BCUT2D eigenvalue weighted by Gasteiger charge is -2.30. The van der Waals surface area contributed by atoms with E-state index in [1.165, 1.54) is 36.8 Å². The highest BCUT2D eigenvalue weighted by atomic mass is 16.5. The molecule has 1 saturated carbocycles. The van der Waals surface area contributed by atoms with Gasteiger partial charge in [0.25, 0.3) is 0 Å². The molecule has 0 amide bonds. The van der Waals surface area contributed by atoms with Crippen LogP contribution in [0.4, 0.5) is 0 Å². The summed E-state index contributed by atoms with van der Waals surface area (Å²) in [6.07, 6.45) is 8.62. The van der Waals surface area contributed by atoms with Crippen molar-refractivity contribution >= 4 is 5.96 Å². The highest BCUT2D eigenvalue weighted by Crippen LogP contribution is 2.40. The zero-order valence-electron chi connectivity index (χ0n) is 19.5. The number of benzene rings is 1. The molecule has 6 nitrogen and oxygen atoms in total. The number of nitrogens with one attached hydrogen (secondary N) is 2. The molecule has 0 bridgehead atoms. The normalized spacial score (nSPS) is 19.5. The van der Waals surface area contributed by atoms with Crippen molar-refractivity contribution in [1.29, 1.82) is 0 Å². The summed E-state index contributed by atoms with van der Waals surface area (Å²) in [5, 5.41) is 7.02. The van der Waals surface area contributed by atoms with Gasteiger partial charge >= 0.3 is 0 Å². The van der Waals surface area contributed by atoms with E-state index in [-0.39, 0.29) is 0 Å². The standard InChI is InChI=1S/C25H41N3O3/c1-3-26-24(28-20-25(13-16-29-2)11-4-5-12-25)27-18-21-7-6-8-22(17-21)19-31-23-9-14-30-15-10-23/h6-8,17,23H,3-5,9-16,18-20H2,1-2H3,(H2,26,27,28). The maximum atomic E-state index is 6.08. The second kappa shape index (κ2) is 13.0. The minimum Gasteiger partial charge on any atom is -0.385 e.